The summed E-state index contributed by atoms with van der Waals surface area (Å²) in [4.78, 5) is 14.8. The van der Waals surface area contributed by atoms with Gasteiger partial charge in [-0.1, -0.05) is 0 Å². The number of aromatic hydroxyl groups is 1. The molecule has 1 aromatic heterocycles. The topological polar surface area (TPSA) is 59.4 Å². The maximum absolute atomic E-state index is 12.5. The van der Waals surface area contributed by atoms with E-state index in [2.05, 4.69) is 9.72 Å². The van der Waals surface area contributed by atoms with Gasteiger partial charge in [-0.25, -0.2) is 8.78 Å². The SMILES string of the molecule is CCOC(=O)Cc1ncc(C(F)F)c(C)c1O. The Balaban J connectivity index is 2.96. The molecular weight excluding hydrogens is 232 g/mol. The van der Waals surface area contributed by atoms with Crippen LogP contribution in [-0.2, 0) is 16.0 Å². The van der Waals surface area contributed by atoms with Crippen LogP contribution >= 0.6 is 0 Å². The fourth-order valence-corrected chi connectivity index (χ4v) is 1.36. The molecule has 0 fully saturated rings. The minimum atomic E-state index is -2.70. The van der Waals surface area contributed by atoms with Crippen molar-refractivity contribution in [3.05, 3.63) is 23.0 Å². The van der Waals surface area contributed by atoms with Crippen molar-refractivity contribution in [1.29, 1.82) is 0 Å². The standard InChI is InChI=1S/C11H13F2NO3/c1-3-17-9(15)4-8-10(16)6(2)7(5-14-8)11(12)13/h5,11,16H,3-4H2,1-2H3. The van der Waals surface area contributed by atoms with E-state index in [0.717, 1.165) is 6.20 Å². The first-order valence-corrected chi connectivity index (χ1v) is 5.08. The van der Waals surface area contributed by atoms with E-state index in [0.29, 0.717) is 0 Å². The number of esters is 1. The predicted molar refractivity (Wildman–Crippen MR) is 55.9 cm³/mol. The number of carbonyl (C=O) groups is 1. The van der Waals surface area contributed by atoms with Gasteiger partial charge in [0.25, 0.3) is 6.43 Å². The third-order valence-electron chi connectivity index (χ3n) is 2.27. The smallest absolute Gasteiger partial charge is 0.312 e. The molecule has 17 heavy (non-hydrogen) atoms. The van der Waals surface area contributed by atoms with Gasteiger partial charge in [0.15, 0.2) is 0 Å². The molecule has 0 radical (unpaired) electrons. The highest BCUT2D eigenvalue weighted by molar-refractivity contribution is 5.73. The van der Waals surface area contributed by atoms with Gasteiger partial charge in [0.1, 0.15) is 5.75 Å². The Kier molecular flexibility index (Phi) is 4.37. The summed E-state index contributed by atoms with van der Waals surface area (Å²) in [6.07, 6.45) is -1.97. The maximum atomic E-state index is 12.5. The number of carbonyl (C=O) groups excluding carboxylic acids is 1. The fourth-order valence-electron chi connectivity index (χ4n) is 1.36. The molecule has 1 aromatic rings. The molecule has 0 unspecified atom stereocenters. The molecule has 0 aliphatic heterocycles. The van der Waals surface area contributed by atoms with Crippen molar-refractivity contribution in [3.8, 4) is 5.75 Å². The van der Waals surface area contributed by atoms with E-state index < -0.39 is 12.4 Å². The third kappa shape index (κ3) is 3.12. The minimum absolute atomic E-state index is 0.0364. The van der Waals surface area contributed by atoms with Crippen molar-refractivity contribution in [3.63, 3.8) is 0 Å². The zero-order valence-corrected chi connectivity index (χ0v) is 9.54. The monoisotopic (exact) mass is 245 g/mol. The van der Waals surface area contributed by atoms with Gasteiger partial charge in [0.2, 0.25) is 0 Å². The van der Waals surface area contributed by atoms with Crippen LogP contribution in [0.4, 0.5) is 8.78 Å². The van der Waals surface area contributed by atoms with Crippen molar-refractivity contribution in [1.82, 2.24) is 4.98 Å². The first-order chi connectivity index (χ1) is 7.97. The first-order valence-electron chi connectivity index (χ1n) is 5.08. The fraction of sp³-hybridized carbons (Fsp3) is 0.455. The molecule has 1 N–H and O–H groups in total. The Labute approximate surface area is 97.2 Å². The van der Waals surface area contributed by atoms with Gasteiger partial charge in [-0.2, -0.15) is 0 Å². The summed E-state index contributed by atoms with van der Waals surface area (Å²) in [5.74, 6) is -0.935. The Hall–Kier alpha value is -1.72. The van der Waals surface area contributed by atoms with Crippen molar-refractivity contribution in [2.75, 3.05) is 6.61 Å². The van der Waals surface area contributed by atoms with E-state index >= 15 is 0 Å². The number of hydrogen-bond donors (Lipinski definition) is 1. The number of aromatic nitrogens is 1. The van der Waals surface area contributed by atoms with Crippen molar-refractivity contribution < 1.29 is 23.4 Å². The van der Waals surface area contributed by atoms with Gasteiger partial charge in [-0.3, -0.25) is 9.78 Å². The summed E-state index contributed by atoms with van der Waals surface area (Å²) < 4.78 is 29.6. The predicted octanol–water partition coefficient (Wildman–Crippen LogP) is 2.14. The quantitative estimate of drug-likeness (QED) is 0.825. The van der Waals surface area contributed by atoms with Crippen molar-refractivity contribution in [2.45, 2.75) is 26.7 Å². The molecule has 0 atom stereocenters. The zero-order chi connectivity index (χ0) is 13.0. The second-order valence-electron chi connectivity index (χ2n) is 3.42. The van der Waals surface area contributed by atoms with Crippen LogP contribution in [0.1, 0.15) is 30.2 Å². The zero-order valence-electron chi connectivity index (χ0n) is 9.54. The third-order valence-corrected chi connectivity index (χ3v) is 2.27. The molecule has 1 heterocycles. The molecular formula is C11H13F2NO3. The van der Waals surface area contributed by atoms with Crippen LogP contribution in [0.5, 0.6) is 5.75 Å². The molecule has 0 saturated heterocycles. The lowest BCUT2D eigenvalue weighted by molar-refractivity contribution is -0.142. The molecule has 4 nitrogen and oxygen atoms in total. The Morgan fingerprint density at radius 3 is 2.76 bits per heavy atom. The van der Waals surface area contributed by atoms with E-state index in [1.54, 1.807) is 6.92 Å². The molecule has 94 valence electrons. The summed E-state index contributed by atoms with van der Waals surface area (Å²) in [5, 5.41) is 9.64. The van der Waals surface area contributed by atoms with E-state index in [9.17, 15) is 18.7 Å². The number of nitrogens with zero attached hydrogens (tertiary/aromatic N) is 1. The Morgan fingerprint density at radius 2 is 2.24 bits per heavy atom. The molecule has 0 aliphatic rings. The second-order valence-corrected chi connectivity index (χ2v) is 3.42. The van der Waals surface area contributed by atoms with Crippen LogP contribution < -0.4 is 0 Å². The number of halogens is 2. The van der Waals surface area contributed by atoms with Crippen molar-refractivity contribution >= 4 is 5.97 Å². The number of rotatable bonds is 4. The maximum Gasteiger partial charge on any atom is 0.312 e. The van der Waals surface area contributed by atoms with E-state index in [4.69, 9.17) is 0 Å². The van der Waals surface area contributed by atoms with Gasteiger partial charge in [-0.15, -0.1) is 0 Å². The van der Waals surface area contributed by atoms with Crippen LogP contribution in [-0.4, -0.2) is 22.7 Å². The van der Waals surface area contributed by atoms with Crippen LogP contribution in [0.3, 0.4) is 0 Å². The number of alkyl halides is 2. The number of ether oxygens (including phenoxy) is 1. The van der Waals surface area contributed by atoms with E-state index in [-0.39, 0.29) is 35.6 Å². The minimum Gasteiger partial charge on any atom is -0.506 e. The van der Waals surface area contributed by atoms with Crippen molar-refractivity contribution in [2.24, 2.45) is 0 Å². The van der Waals surface area contributed by atoms with E-state index in [1.807, 2.05) is 0 Å². The Bertz CT molecular complexity index is 421. The van der Waals surface area contributed by atoms with E-state index in [1.165, 1.54) is 6.92 Å². The molecule has 6 heteroatoms. The second kappa shape index (κ2) is 5.56. The largest absolute Gasteiger partial charge is 0.506 e. The summed E-state index contributed by atoms with van der Waals surface area (Å²) in [6.45, 7) is 3.22. The highest BCUT2D eigenvalue weighted by Crippen LogP contribution is 2.29. The van der Waals surface area contributed by atoms with Gasteiger partial charge < -0.3 is 9.84 Å². The average Bonchev–Trinajstić information content (AvgIpc) is 2.25. The number of pyridine rings is 1. The molecule has 0 saturated carbocycles. The van der Waals surface area contributed by atoms with Gasteiger partial charge in [-0.05, 0) is 13.8 Å². The normalized spacial score (nSPS) is 10.6. The molecule has 0 amide bonds. The first kappa shape index (κ1) is 13.3. The lowest BCUT2D eigenvalue weighted by Crippen LogP contribution is -2.10. The average molecular weight is 245 g/mol. The molecule has 0 spiro atoms. The summed E-state index contributed by atoms with van der Waals surface area (Å²) in [6, 6.07) is 0. The van der Waals surface area contributed by atoms with Crippen LogP contribution in [0.15, 0.2) is 6.20 Å². The lowest BCUT2D eigenvalue weighted by atomic mass is 10.1. The number of hydrogen-bond acceptors (Lipinski definition) is 4. The molecule has 0 aliphatic carbocycles. The summed E-state index contributed by atoms with van der Waals surface area (Å²) >= 11 is 0. The van der Waals surface area contributed by atoms with Crippen LogP contribution in [0, 0.1) is 6.92 Å². The Morgan fingerprint density at radius 1 is 1.59 bits per heavy atom. The van der Waals surface area contributed by atoms with Gasteiger partial charge in [0.05, 0.1) is 18.7 Å². The van der Waals surface area contributed by atoms with Gasteiger partial charge >= 0.3 is 5.97 Å². The van der Waals surface area contributed by atoms with Crippen LogP contribution in [0.2, 0.25) is 0 Å². The lowest BCUT2D eigenvalue weighted by Gasteiger charge is -2.10. The molecule has 1 rings (SSSR count). The summed E-state index contributed by atoms with van der Waals surface area (Å²) in [7, 11) is 0. The molecule has 0 aromatic carbocycles. The summed E-state index contributed by atoms with van der Waals surface area (Å²) in [5.41, 5.74) is -0.255. The van der Waals surface area contributed by atoms with Gasteiger partial charge in [0, 0.05) is 17.3 Å². The highest BCUT2D eigenvalue weighted by atomic mass is 19.3. The van der Waals surface area contributed by atoms with Crippen LogP contribution in [0.25, 0.3) is 0 Å². The highest BCUT2D eigenvalue weighted by Gasteiger charge is 2.18. The molecule has 0 bridgehead atoms.